The molecule has 0 bridgehead atoms. The topological polar surface area (TPSA) is 60.7 Å². The molecule has 5 nitrogen and oxygen atoms in total. The number of hydrogen-bond acceptors (Lipinski definition) is 4. The highest BCUT2D eigenvalue weighted by Gasteiger charge is 2.15. The Bertz CT molecular complexity index is 1060. The van der Waals surface area contributed by atoms with Crippen LogP contribution in [0.2, 0.25) is 0 Å². The number of fused-ring (bicyclic) bond motifs is 1. The van der Waals surface area contributed by atoms with Crippen molar-refractivity contribution >= 4 is 22.4 Å². The minimum atomic E-state index is -0.172. The van der Waals surface area contributed by atoms with Crippen molar-refractivity contribution in [3.8, 4) is 22.6 Å². The fourth-order valence-corrected chi connectivity index (χ4v) is 3.26. The van der Waals surface area contributed by atoms with Gasteiger partial charge in [0.15, 0.2) is 0 Å². The first-order valence-corrected chi connectivity index (χ1v) is 10.1. The van der Waals surface area contributed by atoms with Crippen LogP contribution < -0.4 is 14.8 Å². The van der Waals surface area contributed by atoms with E-state index in [4.69, 9.17) is 13.9 Å². The maximum atomic E-state index is 12.1. The molecule has 2 aromatic carbocycles. The Kier molecular flexibility index (Phi) is 6.96. The Labute approximate surface area is 177 Å². The van der Waals surface area contributed by atoms with Crippen molar-refractivity contribution in [2.75, 3.05) is 19.8 Å². The molecule has 0 saturated heterocycles. The van der Waals surface area contributed by atoms with E-state index in [2.05, 4.69) is 11.9 Å². The van der Waals surface area contributed by atoms with Gasteiger partial charge in [-0.15, -0.1) is 6.58 Å². The number of carbonyl (C=O) groups is 1. The maximum Gasteiger partial charge on any atom is 0.244 e. The van der Waals surface area contributed by atoms with Gasteiger partial charge in [-0.2, -0.15) is 0 Å². The second-order valence-corrected chi connectivity index (χ2v) is 6.75. The van der Waals surface area contributed by atoms with Gasteiger partial charge in [-0.1, -0.05) is 18.2 Å². The van der Waals surface area contributed by atoms with E-state index < -0.39 is 0 Å². The van der Waals surface area contributed by atoms with Crippen molar-refractivity contribution in [2.45, 2.75) is 20.8 Å². The van der Waals surface area contributed by atoms with Crippen LogP contribution in [0.25, 0.3) is 27.7 Å². The van der Waals surface area contributed by atoms with Crippen LogP contribution in [0, 0.1) is 0 Å². The summed E-state index contributed by atoms with van der Waals surface area (Å²) in [5, 5.41) is 3.72. The molecule has 3 rings (SSSR count). The van der Waals surface area contributed by atoms with E-state index in [1.165, 1.54) is 0 Å². The smallest absolute Gasteiger partial charge is 0.244 e. The first kappa shape index (κ1) is 21.2. The zero-order valence-electron chi connectivity index (χ0n) is 17.7. The monoisotopic (exact) mass is 405 g/mol. The van der Waals surface area contributed by atoms with Crippen LogP contribution in [0.15, 0.2) is 65.8 Å². The van der Waals surface area contributed by atoms with Crippen LogP contribution in [-0.2, 0) is 4.79 Å². The lowest BCUT2D eigenvalue weighted by Gasteiger charge is -2.12. The minimum Gasteiger partial charge on any atom is -0.494 e. The summed E-state index contributed by atoms with van der Waals surface area (Å²) in [6, 6.07) is 11.8. The highest BCUT2D eigenvalue weighted by Crippen LogP contribution is 2.37. The third kappa shape index (κ3) is 4.74. The van der Waals surface area contributed by atoms with E-state index in [0.29, 0.717) is 25.5 Å². The lowest BCUT2D eigenvalue weighted by Crippen LogP contribution is -2.20. The van der Waals surface area contributed by atoms with Gasteiger partial charge in [-0.05, 0) is 50.1 Å². The van der Waals surface area contributed by atoms with Crippen molar-refractivity contribution < 1.29 is 18.7 Å². The van der Waals surface area contributed by atoms with Crippen LogP contribution in [0.3, 0.4) is 0 Å². The van der Waals surface area contributed by atoms with Crippen molar-refractivity contribution in [1.29, 1.82) is 0 Å². The molecule has 30 heavy (non-hydrogen) atoms. The summed E-state index contributed by atoms with van der Waals surface area (Å²) >= 11 is 0. The molecule has 3 aromatic rings. The zero-order valence-corrected chi connectivity index (χ0v) is 17.7. The van der Waals surface area contributed by atoms with Gasteiger partial charge in [0, 0.05) is 35.2 Å². The molecule has 0 fully saturated rings. The molecule has 156 valence electrons. The number of rotatable bonds is 9. The van der Waals surface area contributed by atoms with Crippen molar-refractivity contribution in [2.24, 2.45) is 0 Å². The van der Waals surface area contributed by atoms with Gasteiger partial charge < -0.3 is 19.2 Å². The van der Waals surface area contributed by atoms with E-state index in [-0.39, 0.29) is 5.91 Å². The van der Waals surface area contributed by atoms with Crippen LogP contribution in [-0.4, -0.2) is 25.7 Å². The lowest BCUT2D eigenvalue weighted by atomic mass is 9.99. The van der Waals surface area contributed by atoms with Gasteiger partial charge >= 0.3 is 0 Å². The SMILES string of the molecule is C=CCNC(=O)/C=C(\C)c1cc2c(-c3ccc(OCC)cc3)coc2cc1OCC. The van der Waals surface area contributed by atoms with Gasteiger partial charge in [0.2, 0.25) is 5.91 Å². The van der Waals surface area contributed by atoms with Gasteiger partial charge in [0.25, 0.3) is 0 Å². The van der Waals surface area contributed by atoms with Gasteiger partial charge in [-0.25, -0.2) is 0 Å². The quantitative estimate of drug-likeness (QED) is 0.372. The molecule has 1 aromatic heterocycles. The average Bonchev–Trinajstić information content (AvgIpc) is 3.15. The summed E-state index contributed by atoms with van der Waals surface area (Å²) in [6.07, 6.45) is 4.97. The molecular weight excluding hydrogens is 378 g/mol. The maximum absolute atomic E-state index is 12.1. The second-order valence-electron chi connectivity index (χ2n) is 6.75. The molecule has 0 spiro atoms. The standard InChI is InChI=1S/C25H27NO4/c1-5-12-26-25(27)13-17(4)20-14-21-22(16-30-24(21)15-23(20)29-7-3)18-8-10-19(11-9-18)28-6-2/h5,8-11,13-16H,1,6-7,12H2,2-4H3,(H,26,27)/b17-13+. The fraction of sp³-hybridized carbons (Fsp3) is 0.240. The number of amides is 1. The van der Waals surface area contributed by atoms with Crippen molar-refractivity contribution in [1.82, 2.24) is 5.32 Å². The molecule has 0 atom stereocenters. The van der Waals surface area contributed by atoms with E-state index in [9.17, 15) is 4.79 Å². The predicted octanol–water partition coefficient (Wildman–Crippen LogP) is 5.60. The van der Waals surface area contributed by atoms with Crippen LogP contribution >= 0.6 is 0 Å². The molecule has 1 N–H and O–H groups in total. The first-order valence-electron chi connectivity index (χ1n) is 10.1. The van der Waals surface area contributed by atoms with E-state index in [0.717, 1.165) is 39.0 Å². The highest BCUT2D eigenvalue weighted by atomic mass is 16.5. The number of carbonyl (C=O) groups excluding carboxylic acids is 1. The minimum absolute atomic E-state index is 0.172. The highest BCUT2D eigenvalue weighted by molar-refractivity contribution is 6.00. The Balaban J connectivity index is 2.04. The molecule has 0 aliphatic carbocycles. The average molecular weight is 405 g/mol. The van der Waals surface area contributed by atoms with Gasteiger partial charge in [0.05, 0.1) is 19.5 Å². The molecule has 0 saturated carbocycles. The Morgan fingerprint density at radius 2 is 1.87 bits per heavy atom. The lowest BCUT2D eigenvalue weighted by molar-refractivity contribution is -0.116. The Hall–Kier alpha value is -3.47. The fourth-order valence-electron chi connectivity index (χ4n) is 3.26. The summed E-state index contributed by atoms with van der Waals surface area (Å²) in [5.41, 5.74) is 4.39. The molecule has 0 aliphatic heterocycles. The zero-order chi connectivity index (χ0) is 21.5. The normalized spacial score (nSPS) is 11.4. The summed E-state index contributed by atoms with van der Waals surface area (Å²) in [6.45, 7) is 11.0. The Morgan fingerprint density at radius 1 is 1.13 bits per heavy atom. The van der Waals surface area contributed by atoms with Crippen LogP contribution in [0.5, 0.6) is 11.5 Å². The third-order valence-corrected chi connectivity index (χ3v) is 4.64. The largest absolute Gasteiger partial charge is 0.494 e. The van der Waals surface area contributed by atoms with Gasteiger partial charge in [-0.3, -0.25) is 4.79 Å². The molecule has 0 unspecified atom stereocenters. The van der Waals surface area contributed by atoms with E-state index in [1.807, 2.05) is 57.2 Å². The van der Waals surface area contributed by atoms with Crippen molar-refractivity contribution in [3.05, 3.63) is 67.0 Å². The number of hydrogen-bond donors (Lipinski definition) is 1. The summed E-state index contributed by atoms with van der Waals surface area (Å²) < 4.78 is 17.2. The van der Waals surface area contributed by atoms with Crippen LogP contribution in [0.1, 0.15) is 26.3 Å². The van der Waals surface area contributed by atoms with E-state index in [1.54, 1.807) is 18.4 Å². The number of ether oxygens (including phenoxy) is 2. The summed E-state index contributed by atoms with van der Waals surface area (Å²) in [5.74, 6) is 1.34. The molecule has 5 heteroatoms. The molecular formula is C25H27NO4. The summed E-state index contributed by atoms with van der Waals surface area (Å²) in [4.78, 5) is 12.1. The Morgan fingerprint density at radius 3 is 2.53 bits per heavy atom. The molecule has 0 aliphatic rings. The summed E-state index contributed by atoms with van der Waals surface area (Å²) in [7, 11) is 0. The number of benzene rings is 2. The third-order valence-electron chi connectivity index (χ3n) is 4.64. The second kappa shape index (κ2) is 9.83. The molecule has 1 amide bonds. The molecule has 1 heterocycles. The molecule has 0 radical (unpaired) electrons. The number of nitrogens with one attached hydrogen (secondary N) is 1. The number of furan rings is 1. The predicted molar refractivity (Wildman–Crippen MR) is 121 cm³/mol. The van der Waals surface area contributed by atoms with E-state index >= 15 is 0 Å². The number of allylic oxidation sites excluding steroid dienone is 1. The van der Waals surface area contributed by atoms with Crippen molar-refractivity contribution in [3.63, 3.8) is 0 Å². The van der Waals surface area contributed by atoms with Gasteiger partial charge in [0.1, 0.15) is 17.1 Å². The first-order chi connectivity index (χ1) is 14.6. The van der Waals surface area contributed by atoms with Crippen LogP contribution in [0.4, 0.5) is 0 Å².